The van der Waals surface area contributed by atoms with Gasteiger partial charge in [0, 0.05) is 17.3 Å². The van der Waals surface area contributed by atoms with Crippen molar-refractivity contribution in [2.75, 3.05) is 0 Å². The van der Waals surface area contributed by atoms with Crippen LogP contribution >= 0.6 is 0 Å². The predicted octanol–water partition coefficient (Wildman–Crippen LogP) is 2.71. The Hall–Kier alpha value is -2.40. The van der Waals surface area contributed by atoms with Gasteiger partial charge in [0.2, 0.25) is 0 Å². The lowest BCUT2D eigenvalue weighted by Gasteiger charge is -2.13. The maximum absolute atomic E-state index is 10.0. The van der Waals surface area contributed by atoms with Gasteiger partial charge in [-0.05, 0) is 18.1 Å². The molecule has 0 aliphatic rings. The number of aromatic nitrogens is 3. The minimum Gasteiger partial charge on any atom is -0.507 e. The van der Waals surface area contributed by atoms with Gasteiger partial charge in [-0.3, -0.25) is 0 Å². The minimum atomic E-state index is 0.256. The molecule has 2 aromatic carbocycles. The number of aromatic hydroxyl groups is 1. The summed E-state index contributed by atoms with van der Waals surface area (Å²) in [6, 6.07) is 11.3. The van der Waals surface area contributed by atoms with Gasteiger partial charge in [-0.25, -0.2) is 4.68 Å². The standard InChI is InChI=1S/C16H18N4O/c1-10(2)16-13(9-17)18-19-20(16)14-7-3-6-12-11(14)5-4-8-15(12)21/h3-8,10,21H,9,17H2,1-2H3. The molecule has 3 rings (SSSR count). The highest BCUT2D eigenvalue weighted by Gasteiger charge is 2.18. The van der Waals surface area contributed by atoms with Crippen molar-refractivity contribution in [1.82, 2.24) is 15.0 Å². The first-order valence-electron chi connectivity index (χ1n) is 6.99. The Morgan fingerprint density at radius 3 is 2.57 bits per heavy atom. The van der Waals surface area contributed by atoms with Crippen molar-refractivity contribution < 1.29 is 5.11 Å². The van der Waals surface area contributed by atoms with Gasteiger partial charge in [0.15, 0.2) is 0 Å². The zero-order valence-electron chi connectivity index (χ0n) is 12.1. The van der Waals surface area contributed by atoms with Crippen molar-refractivity contribution in [2.45, 2.75) is 26.3 Å². The number of benzene rings is 2. The van der Waals surface area contributed by atoms with Crippen LogP contribution in [0.1, 0.15) is 31.2 Å². The van der Waals surface area contributed by atoms with Crippen LogP contribution in [0.15, 0.2) is 36.4 Å². The number of nitrogens with two attached hydrogens (primary N) is 1. The van der Waals surface area contributed by atoms with Crippen LogP contribution in [0, 0.1) is 0 Å². The second-order valence-corrected chi connectivity index (χ2v) is 5.34. The summed E-state index contributed by atoms with van der Waals surface area (Å²) in [7, 11) is 0. The van der Waals surface area contributed by atoms with Crippen molar-refractivity contribution in [3.05, 3.63) is 47.8 Å². The number of phenolic OH excluding ortho intramolecular Hbond substituents is 1. The van der Waals surface area contributed by atoms with Crippen molar-refractivity contribution in [1.29, 1.82) is 0 Å². The van der Waals surface area contributed by atoms with Crippen molar-refractivity contribution in [2.24, 2.45) is 5.73 Å². The summed E-state index contributed by atoms with van der Waals surface area (Å²) in [5, 5.41) is 20.2. The molecule has 108 valence electrons. The summed E-state index contributed by atoms with van der Waals surface area (Å²) in [4.78, 5) is 0. The Bertz CT molecular complexity index is 792. The van der Waals surface area contributed by atoms with Gasteiger partial charge < -0.3 is 10.8 Å². The summed E-state index contributed by atoms with van der Waals surface area (Å²) in [6.07, 6.45) is 0. The molecule has 1 aromatic heterocycles. The molecule has 0 fully saturated rings. The fraction of sp³-hybridized carbons (Fsp3) is 0.250. The highest BCUT2D eigenvalue weighted by molar-refractivity contribution is 5.94. The number of phenols is 1. The molecule has 0 saturated carbocycles. The Morgan fingerprint density at radius 1 is 1.14 bits per heavy atom. The fourth-order valence-electron chi connectivity index (χ4n) is 2.68. The lowest BCUT2D eigenvalue weighted by molar-refractivity contribution is 0.481. The van der Waals surface area contributed by atoms with Gasteiger partial charge in [0.05, 0.1) is 11.4 Å². The molecule has 1 heterocycles. The zero-order valence-corrected chi connectivity index (χ0v) is 12.1. The second kappa shape index (κ2) is 5.18. The van der Waals surface area contributed by atoms with E-state index in [1.807, 2.05) is 35.0 Å². The molecule has 0 saturated heterocycles. The lowest BCUT2D eigenvalue weighted by atomic mass is 10.1. The number of nitrogens with zero attached hydrogens (tertiary/aromatic N) is 3. The monoisotopic (exact) mass is 282 g/mol. The summed E-state index contributed by atoms with van der Waals surface area (Å²) >= 11 is 0. The SMILES string of the molecule is CC(C)c1c(CN)nnn1-c1cccc2c(O)cccc12. The smallest absolute Gasteiger partial charge is 0.123 e. The molecule has 21 heavy (non-hydrogen) atoms. The molecule has 3 aromatic rings. The third-order valence-electron chi connectivity index (χ3n) is 3.62. The molecule has 0 amide bonds. The summed E-state index contributed by atoms with van der Waals surface area (Å²) in [5.74, 6) is 0.519. The molecule has 0 aliphatic heterocycles. The third-order valence-corrected chi connectivity index (χ3v) is 3.62. The van der Waals surface area contributed by atoms with Crippen molar-refractivity contribution in [3.63, 3.8) is 0 Å². The van der Waals surface area contributed by atoms with Gasteiger partial charge in [-0.1, -0.05) is 43.3 Å². The van der Waals surface area contributed by atoms with Gasteiger partial charge in [-0.15, -0.1) is 5.10 Å². The van der Waals surface area contributed by atoms with E-state index < -0.39 is 0 Å². The van der Waals surface area contributed by atoms with Crippen molar-refractivity contribution in [3.8, 4) is 11.4 Å². The molecule has 0 radical (unpaired) electrons. The van der Waals surface area contributed by atoms with Crippen LogP contribution in [-0.2, 0) is 6.54 Å². The highest BCUT2D eigenvalue weighted by Crippen LogP contribution is 2.30. The quantitative estimate of drug-likeness (QED) is 0.774. The molecular weight excluding hydrogens is 264 g/mol. The Labute approximate surface area is 123 Å². The summed E-state index contributed by atoms with van der Waals surface area (Å²) in [6.45, 7) is 4.55. The summed E-state index contributed by atoms with van der Waals surface area (Å²) < 4.78 is 1.83. The first-order valence-corrected chi connectivity index (χ1v) is 6.99. The van der Waals surface area contributed by atoms with E-state index in [-0.39, 0.29) is 11.7 Å². The predicted molar refractivity (Wildman–Crippen MR) is 82.5 cm³/mol. The fourth-order valence-corrected chi connectivity index (χ4v) is 2.68. The van der Waals surface area contributed by atoms with Gasteiger partial charge >= 0.3 is 0 Å². The Kier molecular flexibility index (Phi) is 3.35. The first kappa shape index (κ1) is 13.6. The third kappa shape index (κ3) is 2.15. The van der Waals surface area contributed by atoms with E-state index in [1.165, 1.54) is 0 Å². The van der Waals surface area contributed by atoms with E-state index in [1.54, 1.807) is 6.07 Å². The van der Waals surface area contributed by atoms with Crippen LogP contribution in [0.3, 0.4) is 0 Å². The van der Waals surface area contributed by atoms with Crippen LogP contribution in [0.2, 0.25) is 0 Å². The van der Waals surface area contributed by atoms with E-state index in [0.29, 0.717) is 6.54 Å². The number of hydrogen-bond donors (Lipinski definition) is 2. The molecule has 0 spiro atoms. The minimum absolute atomic E-state index is 0.256. The Balaban J connectivity index is 2.31. The molecular formula is C16H18N4O. The van der Waals surface area contributed by atoms with Crippen LogP contribution < -0.4 is 5.73 Å². The normalized spacial score (nSPS) is 11.4. The highest BCUT2D eigenvalue weighted by atomic mass is 16.3. The topological polar surface area (TPSA) is 77.0 Å². The van der Waals surface area contributed by atoms with E-state index in [4.69, 9.17) is 5.73 Å². The molecule has 5 nitrogen and oxygen atoms in total. The van der Waals surface area contributed by atoms with Crippen LogP contribution in [0.4, 0.5) is 0 Å². The molecule has 3 N–H and O–H groups in total. The number of rotatable bonds is 3. The van der Waals surface area contributed by atoms with Crippen LogP contribution in [0.25, 0.3) is 16.5 Å². The second-order valence-electron chi connectivity index (χ2n) is 5.34. The first-order chi connectivity index (χ1) is 10.1. The van der Waals surface area contributed by atoms with Crippen LogP contribution in [0.5, 0.6) is 5.75 Å². The molecule has 0 atom stereocenters. The van der Waals surface area contributed by atoms with Crippen molar-refractivity contribution >= 4 is 10.8 Å². The van der Waals surface area contributed by atoms with Gasteiger partial charge in [0.1, 0.15) is 11.4 Å². The van der Waals surface area contributed by atoms with E-state index >= 15 is 0 Å². The van der Waals surface area contributed by atoms with Crippen LogP contribution in [-0.4, -0.2) is 20.1 Å². The molecule has 0 unspecified atom stereocenters. The van der Waals surface area contributed by atoms with E-state index in [0.717, 1.165) is 27.8 Å². The largest absolute Gasteiger partial charge is 0.507 e. The average Bonchev–Trinajstić information content (AvgIpc) is 2.91. The molecule has 5 heteroatoms. The van der Waals surface area contributed by atoms with Gasteiger partial charge in [0.25, 0.3) is 0 Å². The molecule has 0 bridgehead atoms. The lowest BCUT2D eigenvalue weighted by Crippen LogP contribution is -2.08. The van der Waals surface area contributed by atoms with Gasteiger partial charge in [-0.2, -0.15) is 0 Å². The molecule has 0 aliphatic carbocycles. The maximum Gasteiger partial charge on any atom is 0.123 e. The zero-order chi connectivity index (χ0) is 15.0. The average molecular weight is 282 g/mol. The summed E-state index contributed by atoms with van der Waals surface area (Å²) in [5.41, 5.74) is 8.48. The maximum atomic E-state index is 10.0. The number of fused-ring (bicyclic) bond motifs is 1. The number of hydrogen-bond acceptors (Lipinski definition) is 4. The van der Waals surface area contributed by atoms with E-state index in [2.05, 4.69) is 24.2 Å². The van der Waals surface area contributed by atoms with E-state index in [9.17, 15) is 5.11 Å². The Morgan fingerprint density at radius 2 is 1.86 bits per heavy atom.